The van der Waals surface area contributed by atoms with Crippen LogP contribution in [0.25, 0.3) is 0 Å². The Bertz CT molecular complexity index is 1340. The van der Waals surface area contributed by atoms with Crippen molar-refractivity contribution in [1.29, 1.82) is 0 Å². The number of piperidine rings is 1. The summed E-state index contributed by atoms with van der Waals surface area (Å²) in [5.74, 6) is -1.28. The summed E-state index contributed by atoms with van der Waals surface area (Å²) in [7, 11) is -2.26. The molecule has 9 nitrogen and oxygen atoms in total. The third-order valence-corrected chi connectivity index (χ3v) is 9.67. The molecule has 5 rings (SSSR count). The molecule has 0 bridgehead atoms. The maximum absolute atomic E-state index is 15.3. The van der Waals surface area contributed by atoms with Gasteiger partial charge in [-0.1, -0.05) is 36.4 Å². The van der Waals surface area contributed by atoms with Crippen LogP contribution in [-0.4, -0.2) is 60.2 Å². The van der Waals surface area contributed by atoms with Gasteiger partial charge in [-0.25, -0.2) is 12.8 Å². The molecule has 3 heterocycles. The van der Waals surface area contributed by atoms with Crippen molar-refractivity contribution in [2.24, 2.45) is 5.92 Å². The summed E-state index contributed by atoms with van der Waals surface area (Å²) < 4.78 is 50.2. The number of carbonyl (C=O) groups is 1. The SMILES string of the molecule is COC(=O)C1CN(c2ccc(CN3CCCC(c4ccccc4)S3(=O)=O)c(F)c2)CCC1n1cnnc1. The van der Waals surface area contributed by atoms with Crippen LogP contribution in [0.4, 0.5) is 10.1 Å². The van der Waals surface area contributed by atoms with Crippen molar-refractivity contribution in [2.75, 3.05) is 31.6 Å². The number of ether oxygens (including phenoxy) is 1. The predicted octanol–water partition coefficient (Wildman–Crippen LogP) is 3.32. The van der Waals surface area contributed by atoms with Gasteiger partial charge in [-0.3, -0.25) is 4.79 Å². The Hall–Kier alpha value is -3.31. The third-order valence-electron chi connectivity index (χ3n) is 7.41. The monoisotopic (exact) mass is 527 g/mol. The number of benzene rings is 2. The molecule has 1 aromatic heterocycles. The fourth-order valence-corrected chi connectivity index (χ4v) is 7.46. The second-order valence-electron chi connectivity index (χ2n) is 9.54. The summed E-state index contributed by atoms with van der Waals surface area (Å²) in [5, 5.41) is 7.07. The zero-order chi connectivity index (χ0) is 26.0. The molecule has 11 heteroatoms. The molecule has 2 aliphatic rings. The number of hydrogen-bond donors (Lipinski definition) is 0. The molecule has 3 atom stereocenters. The molecule has 0 aliphatic carbocycles. The average molecular weight is 528 g/mol. The summed E-state index contributed by atoms with van der Waals surface area (Å²) >= 11 is 0. The van der Waals surface area contributed by atoms with E-state index >= 15 is 4.39 Å². The minimum atomic E-state index is -3.62. The Morgan fingerprint density at radius 1 is 1.08 bits per heavy atom. The fourth-order valence-electron chi connectivity index (χ4n) is 5.43. The van der Waals surface area contributed by atoms with Gasteiger partial charge in [-0.15, -0.1) is 10.2 Å². The van der Waals surface area contributed by atoms with Gasteiger partial charge in [0.15, 0.2) is 0 Å². The highest BCUT2D eigenvalue weighted by molar-refractivity contribution is 7.89. The van der Waals surface area contributed by atoms with Crippen LogP contribution < -0.4 is 4.90 Å². The molecule has 2 aliphatic heterocycles. The number of sulfonamides is 1. The van der Waals surface area contributed by atoms with Crippen LogP contribution in [0.15, 0.2) is 61.2 Å². The molecule has 0 N–H and O–H groups in total. The first-order valence-electron chi connectivity index (χ1n) is 12.4. The third kappa shape index (κ3) is 5.10. The molecule has 0 amide bonds. The first-order valence-corrected chi connectivity index (χ1v) is 13.9. The number of methoxy groups -OCH3 is 1. The molecular weight excluding hydrogens is 497 g/mol. The number of anilines is 1. The zero-order valence-corrected chi connectivity index (χ0v) is 21.4. The first kappa shape index (κ1) is 25.3. The van der Waals surface area contributed by atoms with Crippen molar-refractivity contribution in [3.05, 3.63) is 78.1 Å². The zero-order valence-electron chi connectivity index (χ0n) is 20.6. The van der Waals surface area contributed by atoms with Gasteiger partial charge in [0, 0.05) is 37.4 Å². The Labute approximate surface area is 215 Å². The van der Waals surface area contributed by atoms with Crippen molar-refractivity contribution < 1.29 is 22.3 Å². The van der Waals surface area contributed by atoms with Crippen molar-refractivity contribution >= 4 is 21.7 Å². The summed E-state index contributed by atoms with van der Waals surface area (Å²) in [6.07, 6.45) is 5.07. The number of nitrogens with zero attached hydrogens (tertiary/aromatic N) is 5. The highest BCUT2D eigenvalue weighted by atomic mass is 32.2. The number of carbonyl (C=O) groups excluding carboxylic acids is 1. The molecule has 0 radical (unpaired) electrons. The van der Waals surface area contributed by atoms with Gasteiger partial charge >= 0.3 is 5.97 Å². The normalized spacial score (nSPS) is 24.1. The Kier molecular flexibility index (Phi) is 7.25. The summed E-state index contributed by atoms with van der Waals surface area (Å²) in [5.41, 5.74) is 1.73. The highest BCUT2D eigenvalue weighted by Crippen LogP contribution is 2.36. The largest absolute Gasteiger partial charge is 0.469 e. The number of hydrogen-bond acceptors (Lipinski definition) is 7. The van der Waals surface area contributed by atoms with Gasteiger partial charge in [0.25, 0.3) is 0 Å². The Morgan fingerprint density at radius 2 is 1.84 bits per heavy atom. The highest BCUT2D eigenvalue weighted by Gasteiger charge is 2.38. The Morgan fingerprint density at radius 3 is 2.54 bits per heavy atom. The van der Waals surface area contributed by atoms with E-state index in [2.05, 4.69) is 10.2 Å². The van der Waals surface area contributed by atoms with Crippen LogP contribution in [0, 0.1) is 11.7 Å². The van der Waals surface area contributed by atoms with Gasteiger partial charge in [0.1, 0.15) is 23.7 Å². The second kappa shape index (κ2) is 10.6. The van der Waals surface area contributed by atoms with Gasteiger partial charge in [-0.2, -0.15) is 4.31 Å². The van der Waals surface area contributed by atoms with E-state index in [1.807, 2.05) is 39.8 Å². The van der Waals surface area contributed by atoms with Gasteiger partial charge in [0.2, 0.25) is 10.0 Å². The molecule has 196 valence electrons. The van der Waals surface area contributed by atoms with Crippen LogP contribution in [0.5, 0.6) is 0 Å². The molecule has 2 fully saturated rings. The van der Waals surface area contributed by atoms with E-state index in [9.17, 15) is 13.2 Å². The lowest BCUT2D eigenvalue weighted by Crippen LogP contribution is -2.45. The summed E-state index contributed by atoms with van der Waals surface area (Å²) in [4.78, 5) is 14.5. The number of rotatable bonds is 6. The standard InChI is InChI=1S/C26H30FN5O4S/c1-36-26(33)22-16-30(13-11-24(22)31-17-28-29-18-31)21-10-9-20(23(27)14-21)15-32-12-5-8-25(37(32,34)35)19-6-3-2-4-7-19/h2-4,6-7,9-10,14,17-18,22,24-25H,5,8,11-13,15-16H2,1H3. The van der Waals surface area contributed by atoms with Crippen LogP contribution in [0.1, 0.15) is 41.7 Å². The van der Waals surface area contributed by atoms with E-state index in [-0.39, 0.29) is 18.6 Å². The molecule has 37 heavy (non-hydrogen) atoms. The minimum Gasteiger partial charge on any atom is -0.469 e. The van der Waals surface area contributed by atoms with Crippen LogP contribution in [0.3, 0.4) is 0 Å². The maximum Gasteiger partial charge on any atom is 0.312 e. The van der Waals surface area contributed by atoms with E-state index in [1.165, 1.54) is 17.5 Å². The van der Waals surface area contributed by atoms with E-state index in [4.69, 9.17) is 4.74 Å². The van der Waals surface area contributed by atoms with E-state index in [0.29, 0.717) is 43.7 Å². The molecule has 2 aromatic carbocycles. The van der Waals surface area contributed by atoms with Crippen LogP contribution >= 0.6 is 0 Å². The van der Waals surface area contributed by atoms with Gasteiger partial charge < -0.3 is 14.2 Å². The molecular formula is C26H30FN5O4S. The van der Waals surface area contributed by atoms with Crippen LogP contribution in [-0.2, 0) is 26.1 Å². The van der Waals surface area contributed by atoms with Crippen molar-refractivity contribution in [3.8, 4) is 0 Å². The fraction of sp³-hybridized carbons (Fsp3) is 0.423. The lowest BCUT2D eigenvalue weighted by Gasteiger charge is -2.38. The van der Waals surface area contributed by atoms with Crippen molar-refractivity contribution in [3.63, 3.8) is 0 Å². The smallest absolute Gasteiger partial charge is 0.312 e. The average Bonchev–Trinajstić information content (AvgIpc) is 3.45. The maximum atomic E-state index is 15.3. The molecule has 0 spiro atoms. The van der Waals surface area contributed by atoms with E-state index in [1.54, 1.807) is 24.8 Å². The topological polar surface area (TPSA) is 97.6 Å². The molecule has 3 unspecified atom stereocenters. The summed E-state index contributed by atoms with van der Waals surface area (Å²) in [6, 6.07) is 13.9. The quantitative estimate of drug-likeness (QED) is 0.454. The lowest BCUT2D eigenvalue weighted by molar-refractivity contribution is -0.147. The number of aromatic nitrogens is 3. The first-order chi connectivity index (χ1) is 17.9. The van der Waals surface area contributed by atoms with E-state index in [0.717, 1.165) is 12.0 Å². The number of halogens is 1. The predicted molar refractivity (Wildman–Crippen MR) is 136 cm³/mol. The molecule has 3 aromatic rings. The Balaban J connectivity index is 1.32. The molecule has 0 saturated carbocycles. The van der Waals surface area contributed by atoms with Gasteiger partial charge in [0.05, 0.1) is 19.1 Å². The molecule has 2 saturated heterocycles. The van der Waals surface area contributed by atoms with Crippen molar-refractivity contribution in [1.82, 2.24) is 19.1 Å². The minimum absolute atomic E-state index is 0.0156. The second-order valence-corrected chi connectivity index (χ2v) is 11.7. The lowest BCUT2D eigenvalue weighted by atomic mass is 9.91. The number of esters is 1. The van der Waals surface area contributed by atoms with Gasteiger partial charge in [-0.05, 0) is 37.0 Å². The van der Waals surface area contributed by atoms with Crippen LogP contribution in [0.2, 0.25) is 0 Å². The summed E-state index contributed by atoms with van der Waals surface area (Å²) in [6.45, 7) is 1.31. The van der Waals surface area contributed by atoms with Crippen molar-refractivity contribution in [2.45, 2.75) is 37.1 Å². The van der Waals surface area contributed by atoms with E-state index < -0.39 is 27.0 Å².